The van der Waals surface area contributed by atoms with Crippen LogP contribution in [0.4, 0.5) is 0 Å². The van der Waals surface area contributed by atoms with Gasteiger partial charge in [0.2, 0.25) is 0 Å². The van der Waals surface area contributed by atoms with Crippen molar-refractivity contribution in [3.63, 3.8) is 0 Å². The molecule has 0 aromatic carbocycles. The molecule has 0 unspecified atom stereocenters. The minimum absolute atomic E-state index is 0.356. The van der Waals surface area contributed by atoms with E-state index >= 15 is 0 Å². The Hall–Kier alpha value is -0.600. The van der Waals surface area contributed by atoms with Gasteiger partial charge in [0, 0.05) is 0 Å². The quantitative estimate of drug-likeness (QED) is 0.621. The summed E-state index contributed by atoms with van der Waals surface area (Å²) in [5.41, 5.74) is 1.14. The van der Waals surface area contributed by atoms with E-state index in [1.165, 1.54) is 0 Å². The van der Waals surface area contributed by atoms with E-state index in [9.17, 15) is 10.2 Å². The number of hydrogen-bond donors (Lipinski definition) is 2. The molecule has 0 spiro atoms. The van der Waals surface area contributed by atoms with Crippen LogP contribution in [-0.4, -0.2) is 22.4 Å². The zero-order valence-electron chi connectivity index (χ0n) is 7.40. The summed E-state index contributed by atoms with van der Waals surface area (Å²) in [7, 11) is 0. The summed E-state index contributed by atoms with van der Waals surface area (Å²) < 4.78 is 0. The summed E-state index contributed by atoms with van der Waals surface area (Å²) in [5.74, 6) is 0. The molecule has 12 heavy (non-hydrogen) atoms. The summed E-state index contributed by atoms with van der Waals surface area (Å²) in [5, 5.41) is 18.6. The number of hydrogen-bond acceptors (Lipinski definition) is 2. The van der Waals surface area contributed by atoms with Crippen LogP contribution < -0.4 is 0 Å². The molecule has 1 fully saturated rings. The Morgan fingerprint density at radius 3 is 2.33 bits per heavy atom. The first-order valence-electron chi connectivity index (χ1n) is 4.39. The molecule has 0 bridgehead atoms. The van der Waals surface area contributed by atoms with Gasteiger partial charge in [-0.15, -0.1) is 0 Å². The number of rotatable bonds is 1. The van der Waals surface area contributed by atoms with Gasteiger partial charge in [-0.1, -0.05) is 23.8 Å². The predicted octanol–water partition coefficient (Wildman–Crippen LogP) is 1.39. The van der Waals surface area contributed by atoms with Crippen molar-refractivity contribution >= 4 is 0 Å². The lowest BCUT2D eigenvalue weighted by Gasteiger charge is -2.24. The summed E-state index contributed by atoms with van der Waals surface area (Å²) >= 11 is 0. The molecule has 1 aliphatic rings. The second kappa shape index (κ2) is 4.43. The topological polar surface area (TPSA) is 40.5 Å². The fourth-order valence-corrected chi connectivity index (χ4v) is 1.54. The van der Waals surface area contributed by atoms with Crippen molar-refractivity contribution in [3.8, 4) is 0 Å². The van der Waals surface area contributed by atoms with Crippen LogP contribution in [0.3, 0.4) is 0 Å². The van der Waals surface area contributed by atoms with Crippen LogP contribution in [0, 0.1) is 0 Å². The normalized spacial score (nSPS) is 31.1. The molecule has 0 aliphatic heterocycles. The minimum Gasteiger partial charge on any atom is -0.393 e. The van der Waals surface area contributed by atoms with E-state index in [4.69, 9.17) is 0 Å². The molecule has 2 nitrogen and oxygen atoms in total. The molecular formula is C10H16O2. The standard InChI is InChI=1S/C10H16O2/c1-2-3-4-8-5-9(11)7-10(12)6-8/h2-4,9-12H,5-7H2,1H3/t9-,10-/m1/s1. The van der Waals surface area contributed by atoms with Gasteiger partial charge in [-0.25, -0.2) is 0 Å². The molecule has 0 amide bonds. The van der Waals surface area contributed by atoms with Gasteiger partial charge in [-0.3, -0.25) is 0 Å². The fraction of sp³-hybridized carbons (Fsp3) is 0.600. The van der Waals surface area contributed by atoms with Crippen LogP contribution in [0.25, 0.3) is 0 Å². The highest BCUT2D eigenvalue weighted by molar-refractivity contribution is 5.15. The third-order valence-corrected chi connectivity index (χ3v) is 2.06. The van der Waals surface area contributed by atoms with E-state index in [0.717, 1.165) is 5.57 Å². The fourth-order valence-electron chi connectivity index (χ4n) is 1.54. The molecular weight excluding hydrogens is 152 g/mol. The highest BCUT2D eigenvalue weighted by Gasteiger charge is 2.20. The molecule has 1 saturated carbocycles. The van der Waals surface area contributed by atoms with Crippen molar-refractivity contribution in [2.24, 2.45) is 0 Å². The average molecular weight is 168 g/mol. The van der Waals surface area contributed by atoms with Gasteiger partial charge in [0.25, 0.3) is 0 Å². The van der Waals surface area contributed by atoms with Crippen molar-refractivity contribution in [1.29, 1.82) is 0 Å². The zero-order valence-corrected chi connectivity index (χ0v) is 7.40. The van der Waals surface area contributed by atoms with Crippen molar-refractivity contribution in [2.45, 2.75) is 38.4 Å². The molecule has 1 rings (SSSR count). The van der Waals surface area contributed by atoms with Gasteiger partial charge in [0.1, 0.15) is 0 Å². The van der Waals surface area contributed by atoms with E-state index in [1.54, 1.807) is 0 Å². The monoisotopic (exact) mass is 168 g/mol. The van der Waals surface area contributed by atoms with E-state index in [0.29, 0.717) is 19.3 Å². The van der Waals surface area contributed by atoms with Crippen molar-refractivity contribution in [1.82, 2.24) is 0 Å². The molecule has 0 radical (unpaired) electrons. The smallest absolute Gasteiger partial charge is 0.0602 e. The Morgan fingerprint density at radius 2 is 1.83 bits per heavy atom. The van der Waals surface area contributed by atoms with Gasteiger partial charge in [-0.05, 0) is 26.2 Å². The van der Waals surface area contributed by atoms with Crippen LogP contribution in [0.2, 0.25) is 0 Å². The molecule has 1 aliphatic carbocycles. The minimum atomic E-state index is -0.356. The van der Waals surface area contributed by atoms with Crippen LogP contribution >= 0.6 is 0 Å². The maximum atomic E-state index is 9.32. The first-order valence-corrected chi connectivity index (χ1v) is 4.39. The van der Waals surface area contributed by atoms with Crippen molar-refractivity contribution in [3.05, 3.63) is 23.8 Å². The molecule has 2 N–H and O–H groups in total. The van der Waals surface area contributed by atoms with E-state index in [2.05, 4.69) is 0 Å². The number of aliphatic hydroxyl groups excluding tert-OH is 2. The molecule has 0 saturated heterocycles. The summed E-state index contributed by atoms with van der Waals surface area (Å²) in [6.45, 7) is 1.95. The average Bonchev–Trinajstić information content (AvgIpc) is 1.99. The largest absolute Gasteiger partial charge is 0.393 e. The third kappa shape index (κ3) is 2.80. The first-order chi connectivity index (χ1) is 5.72. The molecule has 0 aromatic heterocycles. The summed E-state index contributed by atoms with van der Waals surface area (Å²) in [4.78, 5) is 0. The molecule has 2 heteroatoms. The van der Waals surface area contributed by atoms with Gasteiger partial charge in [0.15, 0.2) is 0 Å². The lowest BCUT2D eigenvalue weighted by atomic mass is 9.90. The Balaban J connectivity index is 2.54. The summed E-state index contributed by atoms with van der Waals surface area (Å²) in [6, 6.07) is 0. The van der Waals surface area contributed by atoms with Crippen molar-refractivity contribution < 1.29 is 10.2 Å². The molecule has 68 valence electrons. The third-order valence-electron chi connectivity index (χ3n) is 2.06. The Labute approximate surface area is 73.2 Å². The van der Waals surface area contributed by atoms with Gasteiger partial charge in [-0.2, -0.15) is 0 Å². The highest BCUT2D eigenvalue weighted by atomic mass is 16.3. The second-order valence-electron chi connectivity index (χ2n) is 3.30. The van der Waals surface area contributed by atoms with Gasteiger partial charge < -0.3 is 10.2 Å². The lowest BCUT2D eigenvalue weighted by molar-refractivity contribution is 0.0610. The Morgan fingerprint density at radius 1 is 1.25 bits per heavy atom. The van der Waals surface area contributed by atoms with Gasteiger partial charge in [0.05, 0.1) is 12.2 Å². The van der Waals surface area contributed by atoms with Crippen LogP contribution in [0.1, 0.15) is 26.2 Å². The Kier molecular flexibility index (Phi) is 3.50. The Bertz CT molecular complexity index is 182. The van der Waals surface area contributed by atoms with Crippen LogP contribution in [0.15, 0.2) is 23.8 Å². The summed E-state index contributed by atoms with van der Waals surface area (Å²) in [6.07, 6.45) is 7.10. The SMILES string of the molecule is CC=CC=C1C[C@@H](O)C[C@H](O)C1. The second-order valence-corrected chi connectivity index (χ2v) is 3.30. The maximum absolute atomic E-state index is 9.32. The zero-order chi connectivity index (χ0) is 8.97. The van der Waals surface area contributed by atoms with Crippen molar-refractivity contribution in [2.75, 3.05) is 0 Å². The molecule has 2 atom stereocenters. The number of allylic oxidation sites excluding steroid dienone is 3. The first kappa shape index (κ1) is 9.49. The van der Waals surface area contributed by atoms with Gasteiger partial charge >= 0.3 is 0 Å². The maximum Gasteiger partial charge on any atom is 0.0602 e. The predicted molar refractivity (Wildman–Crippen MR) is 48.8 cm³/mol. The van der Waals surface area contributed by atoms with E-state index < -0.39 is 0 Å². The number of aliphatic hydroxyl groups is 2. The lowest BCUT2D eigenvalue weighted by Crippen LogP contribution is -2.24. The molecule has 0 aromatic rings. The van der Waals surface area contributed by atoms with Crippen LogP contribution in [0.5, 0.6) is 0 Å². The van der Waals surface area contributed by atoms with E-state index in [1.807, 2.05) is 25.2 Å². The van der Waals surface area contributed by atoms with Crippen LogP contribution in [-0.2, 0) is 0 Å². The molecule has 0 heterocycles. The highest BCUT2D eigenvalue weighted by Crippen LogP contribution is 2.23. The van der Waals surface area contributed by atoms with E-state index in [-0.39, 0.29) is 12.2 Å².